The molecule has 0 atom stereocenters. The minimum atomic E-state index is -0.494. The minimum Gasteiger partial charge on any atom is -0.369 e. The lowest BCUT2D eigenvalue weighted by Gasteiger charge is -2.15. The summed E-state index contributed by atoms with van der Waals surface area (Å²) in [7, 11) is 0. The Morgan fingerprint density at radius 3 is 1.46 bits per heavy atom. The first-order valence-corrected chi connectivity index (χ1v) is 8.20. The van der Waals surface area contributed by atoms with Crippen LogP contribution in [0.1, 0.15) is 17.0 Å². The Balaban J connectivity index is 1.64. The third-order valence-corrected chi connectivity index (χ3v) is 4.44. The van der Waals surface area contributed by atoms with Gasteiger partial charge in [0, 0.05) is 23.5 Å². The molecule has 4 aromatic rings. The van der Waals surface area contributed by atoms with Crippen molar-refractivity contribution in [2.24, 2.45) is 5.73 Å². The van der Waals surface area contributed by atoms with Crippen LogP contribution in [0.5, 0.6) is 0 Å². The fourth-order valence-corrected chi connectivity index (χ4v) is 3.07. The summed E-state index contributed by atoms with van der Waals surface area (Å²) in [5.41, 5.74) is 11.5. The summed E-state index contributed by atoms with van der Waals surface area (Å²) in [5, 5.41) is 13.5. The van der Waals surface area contributed by atoms with Crippen LogP contribution >= 0.6 is 0 Å². The first-order chi connectivity index (χ1) is 12.7. The van der Waals surface area contributed by atoms with Gasteiger partial charge < -0.3 is 5.73 Å². The number of amides is 1. The molecule has 6 heteroatoms. The van der Waals surface area contributed by atoms with Crippen LogP contribution in [-0.2, 0) is 4.79 Å². The zero-order valence-electron chi connectivity index (χ0n) is 13.9. The molecule has 0 unspecified atom stereocenters. The SMILES string of the molecule is NC(=O)C(c1ccc(-c2cn[nH]c2)cc1)c1ccc(-c2cn[nH]c2)cc1. The molecule has 2 aromatic carbocycles. The van der Waals surface area contributed by atoms with Crippen LogP contribution in [0, 0.1) is 0 Å². The topological polar surface area (TPSA) is 100 Å². The number of hydrogen-bond donors (Lipinski definition) is 3. The molecule has 1 amide bonds. The second kappa shape index (κ2) is 6.68. The number of rotatable bonds is 5. The molecule has 2 heterocycles. The Hall–Kier alpha value is -3.67. The Morgan fingerprint density at radius 1 is 0.731 bits per heavy atom. The van der Waals surface area contributed by atoms with Crippen LogP contribution in [0.4, 0.5) is 0 Å². The van der Waals surface area contributed by atoms with E-state index in [1.165, 1.54) is 0 Å². The van der Waals surface area contributed by atoms with Gasteiger partial charge in [-0.25, -0.2) is 0 Å². The number of nitrogens with zero attached hydrogens (tertiary/aromatic N) is 2. The predicted molar refractivity (Wildman–Crippen MR) is 99.1 cm³/mol. The summed E-state index contributed by atoms with van der Waals surface area (Å²) >= 11 is 0. The molecule has 26 heavy (non-hydrogen) atoms. The lowest BCUT2D eigenvalue weighted by atomic mass is 9.89. The first kappa shape index (κ1) is 15.8. The zero-order chi connectivity index (χ0) is 17.9. The van der Waals surface area contributed by atoms with Gasteiger partial charge in [-0.2, -0.15) is 10.2 Å². The van der Waals surface area contributed by atoms with E-state index in [9.17, 15) is 4.79 Å². The molecule has 4 N–H and O–H groups in total. The van der Waals surface area contributed by atoms with Gasteiger partial charge in [-0.05, 0) is 22.3 Å². The number of aromatic nitrogens is 4. The van der Waals surface area contributed by atoms with E-state index in [-0.39, 0.29) is 5.91 Å². The van der Waals surface area contributed by atoms with Crippen molar-refractivity contribution in [3.05, 3.63) is 84.4 Å². The predicted octanol–water partition coefficient (Wildman–Crippen LogP) is 3.08. The average molecular weight is 343 g/mol. The monoisotopic (exact) mass is 343 g/mol. The maximum Gasteiger partial charge on any atom is 0.229 e. The molecular weight excluding hydrogens is 326 g/mol. The number of H-pyrrole nitrogens is 2. The summed E-state index contributed by atoms with van der Waals surface area (Å²) in [6.07, 6.45) is 7.18. The maximum absolute atomic E-state index is 12.1. The van der Waals surface area contributed by atoms with Gasteiger partial charge >= 0.3 is 0 Å². The molecule has 128 valence electrons. The van der Waals surface area contributed by atoms with Crippen molar-refractivity contribution in [2.75, 3.05) is 0 Å². The van der Waals surface area contributed by atoms with E-state index in [0.717, 1.165) is 33.4 Å². The quantitative estimate of drug-likeness (QED) is 0.519. The Morgan fingerprint density at radius 2 is 1.15 bits per heavy atom. The van der Waals surface area contributed by atoms with Crippen LogP contribution < -0.4 is 5.73 Å². The molecule has 0 bridgehead atoms. The molecule has 2 aromatic heterocycles. The van der Waals surface area contributed by atoms with Gasteiger partial charge in [-0.15, -0.1) is 0 Å². The maximum atomic E-state index is 12.1. The summed E-state index contributed by atoms with van der Waals surface area (Å²) in [4.78, 5) is 12.1. The number of aromatic amines is 2. The number of nitrogens with two attached hydrogens (primary N) is 1. The van der Waals surface area contributed by atoms with Crippen molar-refractivity contribution in [3.63, 3.8) is 0 Å². The number of nitrogens with one attached hydrogen (secondary N) is 2. The number of carbonyl (C=O) groups is 1. The van der Waals surface area contributed by atoms with Gasteiger partial charge in [0.25, 0.3) is 0 Å². The van der Waals surface area contributed by atoms with Gasteiger partial charge in [-0.1, -0.05) is 48.5 Å². The van der Waals surface area contributed by atoms with Crippen molar-refractivity contribution < 1.29 is 4.79 Å². The summed E-state index contributed by atoms with van der Waals surface area (Å²) in [5.74, 6) is -0.871. The smallest absolute Gasteiger partial charge is 0.229 e. The molecule has 0 saturated carbocycles. The molecule has 0 spiro atoms. The van der Waals surface area contributed by atoms with Gasteiger partial charge in [-0.3, -0.25) is 15.0 Å². The van der Waals surface area contributed by atoms with Crippen LogP contribution in [0.25, 0.3) is 22.3 Å². The van der Waals surface area contributed by atoms with Gasteiger partial charge in [0.15, 0.2) is 0 Å². The highest BCUT2D eigenvalue weighted by Crippen LogP contribution is 2.29. The van der Waals surface area contributed by atoms with Crippen molar-refractivity contribution >= 4 is 5.91 Å². The van der Waals surface area contributed by atoms with Crippen molar-refractivity contribution in [1.29, 1.82) is 0 Å². The Bertz CT molecular complexity index is 910. The normalized spacial score (nSPS) is 11.0. The molecule has 0 aliphatic heterocycles. The number of hydrogen-bond acceptors (Lipinski definition) is 3. The van der Waals surface area contributed by atoms with E-state index in [4.69, 9.17) is 5.73 Å². The summed E-state index contributed by atoms with van der Waals surface area (Å²) in [6.45, 7) is 0. The number of benzene rings is 2. The summed E-state index contributed by atoms with van der Waals surface area (Å²) < 4.78 is 0. The molecule has 6 nitrogen and oxygen atoms in total. The molecule has 4 rings (SSSR count). The van der Waals surface area contributed by atoms with Gasteiger partial charge in [0.05, 0.1) is 18.3 Å². The molecule has 0 fully saturated rings. The standard InChI is InChI=1S/C20H17N5O/c21-20(26)19(15-5-1-13(2-6-15)17-9-22-23-10-17)16-7-3-14(4-8-16)18-11-24-25-12-18/h1-12,19H,(H2,21,26)(H,22,23)(H,24,25). The van der Waals surface area contributed by atoms with Gasteiger partial charge in [0.1, 0.15) is 0 Å². The number of primary amides is 1. The van der Waals surface area contributed by atoms with Crippen LogP contribution in [0.15, 0.2) is 73.3 Å². The average Bonchev–Trinajstić information content (AvgIpc) is 3.37. The lowest BCUT2D eigenvalue weighted by Crippen LogP contribution is -2.22. The fourth-order valence-electron chi connectivity index (χ4n) is 3.07. The van der Waals surface area contributed by atoms with Crippen molar-refractivity contribution in [1.82, 2.24) is 20.4 Å². The van der Waals surface area contributed by atoms with E-state index in [1.54, 1.807) is 12.4 Å². The molecule has 0 saturated heterocycles. The first-order valence-electron chi connectivity index (χ1n) is 8.20. The van der Waals surface area contributed by atoms with E-state index in [0.29, 0.717) is 0 Å². The van der Waals surface area contributed by atoms with E-state index in [2.05, 4.69) is 20.4 Å². The Kier molecular flexibility index (Phi) is 4.07. The van der Waals surface area contributed by atoms with Crippen LogP contribution in [0.3, 0.4) is 0 Å². The second-order valence-electron chi connectivity index (χ2n) is 6.05. The molecule has 0 radical (unpaired) electrons. The minimum absolute atomic E-state index is 0.378. The van der Waals surface area contributed by atoms with Crippen LogP contribution in [-0.4, -0.2) is 26.3 Å². The summed E-state index contributed by atoms with van der Waals surface area (Å²) in [6, 6.07) is 15.6. The third kappa shape index (κ3) is 3.00. The Labute approximate surface area is 150 Å². The highest BCUT2D eigenvalue weighted by Gasteiger charge is 2.20. The third-order valence-electron chi connectivity index (χ3n) is 4.44. The van der Waals surface area contributed by atoms with Crippen LogP contribution in [0.2, 0.25) is 0 Å². The van der Waals surface area contributed by atoms with Gasteiger partial charge in [0.2, 0.25) is 5.91 Å². The van der Waals surface area contributed by atoms with E-state index < -0.39 is 5.92 Å². The lowest BCUT2D eigenvalue weighted by molar-refractivity contribution is -0.118. The van der Waals surface area contributed by atoms with E-state index >= 15 is 0 Å². The molecular formula is C20H17N5O. The highest BCUT2D eigenvalue weighted by molar-refractivity contribution is 5.86. The van der Waals surface area contributed by atoms with E-state index in [1.807, 2.05) is 60.9 Å². The number of carbonyl (C=O) groups excluding carboxylic acids is 1. The molecule has 0 aliphatic carbocycles. The fraction of sp³-hybridized carbons (Fsp3) is 0.0500. The van der Waals surface area contributed by atoms with Crippen molar-refractivity contribution in [3.8, 4) is 22.3 Å². The zero-order valence-corrected chi connectivity index (χ0v) is 13.9. The highest BCUT2D eigenvalue weighted by atomic mass is 16.1. The molecule has 0 aliphatic rings. The largest absolute Gasteiger partial charge is 0.369 e. The van der Waals surface area contributed by atoms with Crippen molar-refractivity contribution in [2.45, 2.75) is 5.92 Å². The second-order valence-corrected chi connectivity index (χ2v) is 6.05.